The Morgan fingerprint density at radius 3 is 2.46 bits per heavy atom. The molecule has 0 unspecified atom stereocenters. The Balaban J connectivity index is 1.78. The number of methoxy groups -OCH3 is 1. The monoisotopic (exact) mass is 368 g/mol. The second kappa shape index (κ2) is 6.82. The highest BCUT2D eigenvalue weighted by atomic mass is 35.5. The Bertz CT molecular complexity index is 813. The number of sulfone groups is 1. The molecule has 9 heteroatoms. The molecule has 1 aliphatic heterocycles. The highest BCUT2D eigenvalue weighted by Crippen LogP contribution is 2.23. The number of hydrogen-bond acceptors (Lipinski definition) is 7. The van der Waals surface area contributed by atoms with Gasteiger partial charge in [0, 0.05) is 24.8 Å². The molecule has 0 bridgehead atoms. The second-order valence-corrected chi connectivity index (χ2v) is 8.06. The molecule has 1 aromatic heterocycles. The van der Waals surface area contributed by atoms with Gasteiger partial charge in [-0.25, -0.2) is 13.4 Å². The van der Waals surface area contributed by atoms with Gasteiger partial charge in [-0.2, -0.15) is 4.98 Å². The maximum absolute atomic E-state index is 11.5. The summed E-state index contributed by atoms with van der Waals surface area (Å²) < 4.78 is 28.2. The van der Waals surface area contributed by atoms with Gasteiger partial charge in [0.25, 0.3) is 0 Å². The number of aromatic nitrogens is 2. The molecule has 1 saturated heterocycles. The average Bonchev–Trinajstić information content (AvgIpc) is 2.55. The highest BCUT2D eigenvalue weighted by molar-refractivity contribution is 7.91. The van der Waals surface area contributed by atoms with Crippen molar-refractivity contribution in [1.82, 2.24) is 9.97 Å². The zero-order valence-electron chi connectivity index (χ0n) is 13.1. The molecule has 0 amide bonds. The predicted molar refractivity (Wildman–Crippen MR) is 94.2 cm³/mol. The molecule has 0 aliphatic carbocycles. The Morgan fingerprint density at radius 1 is 1.17 bits per heavy atom. The van der Waals surface area contributed by atoms with Gasteiger partial charge < -0.3 is 15.0 Å². The lowest BCUT2D eigenvalue weighted by Crippen LogP contribution is -2.40. The molecule has 1 N–H and O–H groups in total. The van der Waals surface area contributed by atoms with Gasteiger partial charge >= 0.3 is 0 Å². The first-order valence-electron chi connectivity index (χ1n) is 7.36. The Morgan fingerprint density at radius 2 is 1.83 bits per heavy atom. The topological polar surface area (TPSA) is 84.4 Å². The van der Waals surface area contributed by atoms with Crippen molar-refractivity contribution in [3.63, 3.8) is 0 Å². The summed E-state index contributed by atoms with van der Waals surface area (Å²) >= 11 is 6.08. The van der Waals surface area contributed by atoms with Crippen LogP contribution in [0.25, 0.3) is 0 Å². The van der Waals surface area contributed by atoms with Gasteiger partial charge in [-0.3, -0.25) is 0 Å². The standard InChI is InChI=1S/C15H17ClN4O3S/c1-23-12-4-2-11(3-5-12)17-15-18-13(16)10-14(19-15)20-6-8-24(21,22)9-7-20/h2-5,10H,6-9H2,1H3,(H,17,18,19). The van der Waals surface area contributed by atoms with E-state index in [-0.39, 0.29) is 11.5 Å². The Hall–Kier alpha value is -2.06. The fourth-order valence-corrected chi connectivity index (χ4v) is 3.75. The van der Waals surface area contributed by atoms with E-state index in [1.165, 1.54) is 0 Å². The molecule has 128 valence electrons. The normalized spacial score (nSPS) is 16.7. The van der Waals surface area contributed by atoms with E-state index in [1.54, 1.807) is 13.2 Å². The third-order valence-electron chi connectivity index (χ3n) is 3.70. The van der Waals surface area contributed by atoms with Gasteiger partial charge in [0.05, 0.1) is 18.6 Å². The van der Waals surface area contributed by atoms with E-state index in [0.29, 0.717) is 30.0 Å². The quantitative estimate of drug-likeness (QED) is 0.827. The van der Waals surface area contributed by atoms with Crippen LogP contribution in [0.4, 0.5) is 17.5 Å². The van der Waals surface area contributed by atoms with Crippen LogP contribution < -0.4 is 15.0 Å². The molecular formula is C15H17ClN4O3S. The summed E-state index contributed by atoms with van der Waals surface area (Å²) in [6.07, 6.45) is 0. The smallest absolute Gasteiger partial charge is 0.230 e. The fourth-order valence-electron chi connectivity index (χ4n) is 2.37. The second-order valence-electron chi connectivity index (χ2n) is 5.36. The minimum atomic E-state index is -2.94. The van der Waals surface area contributed by atoms with Crippen LogP contribution in [0.5, 0.6) is 5.75 Å². The number of hydrogen-bond donors (Lipinski definition) is 1. The molecule has 0 atom stereocenters. The Kier molecular flexibility index (Phi) is 4.77. The third kappa shape index (κ3) is 4.07. The van der Waals surface area contributed by atoms with E-state index >= 15 is 0 Å². The molecule has 3 rings (SSSR count). The molecule has 1 aromatic carbocycles. The maximum Gasteiger partial charge on any atom is 0.230 e. The van der Waals surface area contributed by atoms with Crippen molar-refractivity contribution in [2.75, 3.05) is 41.9 Å². The number of nitrogens with zero attached hydrogens (tertiary/aromatic N) is 3. The van der Waals surface area contributed by atoms with Crippen molar-refractivity contribution in [3.05, 3.63) is 35.5 Å². The van der Waals surface area contributed by atoms with Gasteiger partial charge in [0.15, 0.2) is 9.84 Å². The average molecular weight is 369 g/mol. The molecule has 24 heavy (non-hydrogen) atoms. The van der Waals surface area contributed by atoms with Crippen LogP contribution in [0.3, 0.4) is 0 Å². The number of benzene rings is 1. The van der Waals surface area contributed by atoms with Crippen LogP contribution in [-0.2, 0) is 9.84 Å². The number of halogens is 1. The number of nitrogens with one attached hydrogen (secondary N) is 1. The lowest BCUT2D eigenvalue weighted by molar-refractivity contribution is 0.415. The lowest BCUT2D eigenvalue weighted by Gasteiger charge is -2.27. The van der Waals surface area contributed by atoms with Crippen LogP contribution in [0.1, 0.15) is 0 Å². The third-order valence-corrected chi connectivity index (χ3v) is 5.50. The lowest BCUT2D eigenvalue weighted by atomic mass is 10.3. The molecule has 7 nitrogen and oxygen atoms in total. The zero-order valence-corrected chi connectivity index (χ0v) is 14.6. The van der Waals surface area contributed by atoms with Crippen LogP contribution in [0, 0.1) is 0 Å². The predicted octanol–water partition coefficient (Wildman–Crippen LogP) is 2.12. The summed E-state index contributed by atoms with van der Waals surface area (Å²) in [5, 5.41) is 3.38. The molecule has 2 aromatic rings. The van der Waals surface area contributed by atoms with E-state index in [4.69, 9.17) is 16.3 Å². The summed E-state index contributed by atoms with van der Waals surface area (Å²) in [5.41, 5.74) is 0.797. The van der Waals surface area contributed by atoms with Crippen LogP contribution >= 0.6 is 11.6 Å². The van der Waals surface area contributed by atoms with Crippen LogP contribution in [0.2, 0.25) is 5.15 Å². The summed E-state index contributed by atoms with van der Waals surface area (Å²) in [6, 6.07) is 8.97. The van der Waals surface area contributed by atoms with Gasteiger partial charge in [0.2, 0.25) is 5.95 Å². The van der Waals surface area contributed by atoms with Crippen molar-refractivity contribution in [2.24, 2.45) is 0 Å². The van der Waals surface area contributed by atoms with Gasteiger partial charge in [-0.1, -0.05) is 11.6 Å². The maximum atomic E-state index is 11.5. The van der Waals surface area contributed by atoms with Crippen LogP contribution in [-0.4, -0.2) is 50.1 Å². The first-order chi connectivity index (χ1) is 11.4. The van der Waals surface area contributed by atoms with E-state index in [1.807, 2.05) is 29.2 Å². The highest BCUT2D eigenvalue weighted by Gasteiger charge is 2.23. The SMILES string of the molecule is COc1ccc(Nc2nc(Cl)cc(N3CCS(=O)(=O)CC3)n2)cc1. The molecule has 1 fully saturated rings. The van der Waals surface area contributed by atoms with E-state index in [9.17, 15) is 8.42 Å². The number of ether oxygens (including phenoxy) is 1. The van der Waals surface area contributed by atoms with Crippen molar-refractivity contribution >= 4 is 38.9 Å². The Labute approximate surface area is 145 Å². The molecule has 0 saturated carbocycles. The van der Waals surface area contributed by atoms with Crippen LogP contribution in [0.15, 0.2) is 30.3 Å². The largest absolute Gasteiger partial charge is 0.497 e. The van der Waals surface area contributed by atoms with E-state index in [2.05, 4.69) is 15.3 Å². The van der Waals surface area contributed by atoms with Gasteiger partial charge in [0.1, 0.15) is 16.7 Å². The summed E-state index contributed by atoms with van der Waals surface area (Å²) in [5.74, 6) is 1.96. The summed E-state index contributed by atoms with van der Waals surface area (Å²) in [7, 11) is -1.34. The van der Waals surface area contributed by atoms with Crippen molar-refractivity contribution < 1.29 is 13.2 Å². The number of rotatable bonds is 4. The molecule has 2 heterocycles. The van der Waals surface area contributed by atoms with E-state index in [0.717, 1.165) is 11.4 Å². The minimum Gasteiger partial charge on any atom is -0.497 e. The molecule has 0 radical (unpaired) electrons. The summed E-state index contributed by atoms with van der Waals surface area (Å²) in [4.78, 5) is 10.5. The molecule has 1 aliphatic rings. The van der Waals surface area contributed by atoms with Gasteiger partial charge in [-0.05, 0) is 24.3 Å². The fraction of sp³-hybridized carbons (Fsp3) is 0.333. The first kappa shape index (κ1) is 16.8. The van der Waals surface area contributed by atoms with E-state index < -0.39 is 9.84 Å². The molecule has 0 spiro atoms. The first-order valence-corrected chi connectivity index (χ1v) is 9.56. The van der Waals surface area contributed by atoms with Gasteiger partial charge in [-0.15, -0.1) is 0 Å². The summed E-state index contributed by atoms with van der Waals surface area (Å²) in [6.45, 7) is 0.801. The van der Waals surface area contributed by atoms with Crippen molar-refractivity contribution in [1.29, 1.82) is 0 Å². The zero-order chi connectivity index (χ0) is 17.2. The minimum absolute atomic E-state index is 0.121. The molecular weight excluding hydrogens is 352 g/mol. The number of anilines is 3. The van der Waals surface area contributed by atoms with Crippen molar-refractivity contribution in [2.45, 2.75) is 0 Å². The van der Waals surface area contributed by atoms with Crippen molar-refractivity contribution in [3.8, 4) is 5.75 Å².